The highest BCUT2D eigenvalue weighted by Gasteiger charge is 2.12. The van der Waals surface area contributed by atoms with E-state index >= 15 is 0 Å². The van der Waals surface area contributed by atoms with Crippen LogP contribution in [0.3, 0.4) is 0 Å². The van der Waals surface area contributed by atoms with Gasteiger partial charge < -0.3 is 19.5 Å². The van der Waals surface area contributed by atoms with Gasteiger partial charge in [0.05, 0.1) is 27.9 Å². The van der Waals surface area contributed by atoms with Crippen LogP contribution in [0.5, 0.6) is 17.2 Å². The normalized spacial score (nSPS) is 10.5. The van der Waals surface area contributed by atoms with E-state index in [1.54, 1.807) is 27.4 Å². The van der Waals surface area contributed by atoms with Gasteiger partial charge in [-0.2, -0.15) is 0 Å². The van der Waals surface area contributed by atoms with Gasteiger partial charge in [-0.1, -0.05) is 19.1 Å². The van der Waals surface area contributed by atoms with Gasteiger partial charge in [0, 0.05) is 18.3 Å². The Kier molecular flexibility index (Phi) is 7.29. The number of amides is 1. The van der Waals surface area contributed by atoms with E-state index in [1.165, 1.54) is 0 Å². The van der Waals surface area contributed by atoms with Crippen molar-refractivity contribution in [3.05, 3.63) is 48.0 Å². The number of methoxy groups -OCH3 is 3. The van der Waals surface area contributed by atoms with Gasteiger partial charge in [-0.15, -0.1) is 0 Å². The highest BCUT2D eigenvalue weighted by Crippen LogP contribution is 2.28. The van der Waals surface area contributed by atoms with Crippen molar-refractivity contribution in [1.82, 2.24) is 4.90 Å². The first-order valence-corrected chi connectivity index (χ1v) is 8.46. The first-order chi connectivity index (χ1) is 12.6. The number of anilines is 1. The third-order valence-electron chi connectivity index (χ3n) is 4.02. The zero-order chi connectivity index (χ0) is 18.9. The molecule has 6 nitrogen and oxygen atoms in total. The fourth-order valence-corrected chi connectivity index (χ4v) is 2.62. The van der Waals surface area contributed by atoms with E-state index in [4.69, 9.17) is 14.2 Å². The zero-order valence-electron chi connectivity index (χ0n) is 15.7. The average molecular weight is 358 g/mol. The van der Waals surface area contributed by atoms with Crippen LogP contribution in [-0.4, -0.2) is 45.2 Å². The summed E-state index contributed by atoms with van der Waals surface area (Å²) in [5.41, 5.74) is 1.77. The maximum absolute atomic E-state index is 12.4. The first-order valence-electron chi connectivity index (χ1n) is 8.46. The molecule has 0 saturated carbocycles. The predicted molar refractivity (Wildman–Crippen MR) is 102 cm³/mol. The standard InChI is InChI=1S/C20H26N2O4/c1-5-22(13-15-9-10-18(25-3)19(11-15)26-4)14-20(23)21-16-7-6-8-17(12-16)24-2/h6-12H,5,13-14H2,1-4H3,(H,21,23). The summed E-state index contributed by atoms with van der Waals surface area (Å²) in [5, 5.41) is 2.90. The molecule has 2 aromatic rings. The Balaban J connectivity index is 1.99. The first kappa shape index (κ1) is 19.6. The minimum atomic E-state index is -0.0689. The van der Waals surface area contributed by atoms with Crippen LogP contribution in [0.15, 0.2) is 42.5 Å². The number of hydrogen-bond acceptors (Lipinski definition) is 5. The summed E-state index contributed by atoms with van der Waals surface area (Å²) in [6, 6.07) is 13.1. The van der Waals surface area contributed by atoms with Crippen molar-refractivity contribution in [2.75, 3.05) is 39.7 Å². The van der Waals surface area contributed by atoms with Crippen LogP contribution in [-0.2, 0) is 11.3 Å². The molecule has 0 saturated heterocycles. The number of nitrogens with one attached hydrogen (secondary N) is 1. The molecule has 0 aliphatic rings. The lowest BCUT2D eigenvalue weighted by Gasteiger charge is -2.20. The molecule has 6 heteroatoms. The molecule has 0 aromatic heterocycles. The lowest BCUT2D eigenvalue weighted by molar-refractivity contribution is -0.117. The van der Waals surface area contributed by atoms with Crippen molar-refractivity contribution < 1.29 is 19.0 Å². The third-order valence-corrected chi connectivity index (χ3v) is 4.02. The Morgan fingerprint density at radius 2 is 1.77 bits per heavy atom. The van der Waals surface area contributed by atoms with Gasteiger partial charge in [-0.3, -0.25) is 9.69 Å². The number of carbonyl (C=O) groups excluding carboxylic acids is 1. The lowest BCUT2D eigenvalue weighted by Crippen LogP contribution is -2.32. The summed E-state index contributed by atoms with van der Waals surface area (Å²) in [7, 11) is 4.82. The highest BCUT2D eigenvalue weighted by molar-refractivity contribution is 5.92. The Morgan fingerprint density at radius 1 is 1.00 bits per heavy atom. The smallest absolute Gasteiger partial charge is 0.238 e. The molecule has 26 heavy (non-hydrogen) atoms. The van der Waals surface area contributed by atoms with Crippen LogP contribution in [0.1, 0.15) is 12.5 Å². The van der Waals surface area contributed by atoms with Crippen LogP contribution < -0.4 is 19.5 Å². The quantitative estimate of drug-likeness (QED) is 0.746. The van der Waals surface area contributed by atoms with Gasteiger partial charge in [-0.25, -0.2) is 0 Å². The van der Waals surface area contributed by atoms with Gasteiger partial charge in [0.1, 0.15) is 5.75 Å². The number of nitrogens with zero attached hydrogens (tertiary/aromatic N) is 1. The maximum Gasteiger partial charge on any atom is 0.238 e. The van der Waals surface area contributed by atoms with E-state index in [0.717, 1.165) is 17.8 Å². The molecule has 0 bridgehead atoms. The van der Waals surface area contributed by atoms with Crippen molar-refractivity contribution in [3.8, 4) is 17.2 Å². The van der Waals surface area contributed by atoms with E-state index in [0.29, 0.717) is 30.3 Å². The summed E-state index contributed by atoms with van der Waals surface area (Å²) in [6.45, 7) is 3.71. The molecule has 0 radical (unpaired) electrons. The van der Waals surface area contributed by atoms with Gasteiger partial charge in [0.15, 0.2) is 11.5 Å². The molecule has 0 atom stereocenters. The lowest BCUT2D eigenvalue weighted by atomic mass is 10.2. The number of likely N-dealkylation sites (N-methyl/N-ethyl adjacent to an activating group) is 1. The van der Waals surface area contributed by atoms with Gasteiger partial charge in [0.2, 0.25) is 5.91 Å². The summed E-state index contributed by atoms with van der Waals surface area (Å²) in [5.74, 6) is 2.01. The minimum absolute atomic E-state index is 0.0689. The second-order valence-corrected chi connectivity index (χ2v) is 5.77. The summed E-state index contributed by atoms with van der Waals surface area (Å²) >= 11 is 0. The minimum Gasteiger partial charge on any atom is -0.497 e. The SMILES string of the molecule is CCN(CC(=O)Nc1cccc(OC)c1)Cc1ccc(OC)c(OC)c1. The van der Waals surface area contributed by atoms with E-state index in [1.807, 2.05) is 43.3 Å². The number of ether oxygens (including phenoxy) is 3. The van der Waals surface area contributed by atoms with Crippen molar-refractivity contribution in [1.29, 1.82) is 0 Å². The monoisotopic (exact) mass is 358 g/mol. The molecular formula is C20H26N2O4. The van der Waals surface area contributed by atoms with Gasteiger partial charge in [-0.05, 0) is 36.4 Å². The number of hydrogen-bond donors (Lipinski definition) is 1. The van der Waals surface area contributed by atoms with Crippen molar-refractivity contribution in [2.24, 2.45) is 0 Å². The fraction of sp³-hybridized carbons (Fsp3) is 0.350. The molecule has 0 fully saturated rings. The zero-order valence-corrected chi connectivity index (χ0v) is 15.7. The van der Waals surface area contributed by atoms with Crippen molar-refractivity contribution in [3.63, 3.8) is 0 Å². The molecule has 1 amide bonds. The third kappa shape index (κ3) is 5.39. The van der Waals surface area contributed by atoms with Crippen LogP contribution >= 0.6 is 0 Å². The molecule has 1 N–H and O–H groups in total. The highest BCUT2D eigenvalue weighted by atomic mass is 16.5. The number of rotatable bonds is 9. The Hall–Kier alpha value is -2.73. The van der Waals surface area contributed by atoms with Crippen LogP contribution in [0.4, 0.5) is 5.69 Å². The number of benzene rings is 2. The molecule has 0 aliphatic heterocycles. The predicted octanol–water partition coefficient (Wildman–Crippen LogP) is 3.17. The van der Waals surface area contributed by atoms with Crippen molar-refractivity contribution >= 4 is 11.6 Å². The van der Waals surface area contributed by atoms with Gasteiger partial charge >= 0.3 is 0 Å². The molecular weight excluding hydrogens is 332 g/mol. The van der Waals surface area contributed by atoms with E-state index in [9.17, 15) is 4.79 Å². The molecule has 0 aliphatic carbocycles. The molecule has 140 valence electrons. The average Bonchev–Trinajstić information content (AvgIpc) is 2.67. The Morgan fingerprint density at radius 3 is 2.42 bits per heavy atom. The summed E-state index contributed by atoms with van der Waals surface area (Å²) in [4.78, 5) is 14.4. The summed E-state index contributed by atoms with van der Waals surface area (Å²) < 4.78 is 15.8. The van der Waals surface area contributed by atoms with E-state index in [-0.39, 0.29) is 5.91 Å². The van der Waals surface area contributed by atoms with Crippen LogP contribution in [0.2, 0.25) is 0 Å². The molecule has 2 aromatic carbocycles. The van der Waals surface area contributed by atoms with Crippen LogP contribution in [0.25, 0.3) is 0 Å². The molecule has 0 heterocycles. The summed E-state index contributed by atoms with van der Waals surface area (Å²) in [6.07, 6.45) is 0. The largest absolute Gasteiger partial charge is 0.497 e. The number of carbonyl (C=O) groups is 1. The molecule has 0 spiro atoms. The van der Waals surface area contributed by atoms with Gasteiger partial charge in [0.25, 0.3) is 0 Å². The Labute approximate surface area is 154 Å². The maximum atomic E-state index is 12.4. The van der Waals surface area contributed by atoms with Crippen LogP contribution in [0, 0.1) is 0 Å². The fourth-order valence-electron chi connectivity index (χ4n) is 2.62. The Bertz CT molecular complexity index is 734. The molecule has 0 unspecified atom stereocenters. The second kappa shape index (κ2) is 9.68. The van der Waals surface area contributed by atoms with Crippen molar-refractivity contribution in [2.45, 2.75) is 13.5 Å². The molecule has 2 rings (SSSR count). The topological polar surface area (TPSA) is 60.0 Å². The van der Waals surface area contributed by atoms with E-state index in [2.05, 4.69) is 10.2 Å². The second-order valence-electron chi connectivity index (χ2n) is 5.77. The van der Waals surface area contributed by atoms with E-state index < -0.39 is 0 Å².